The van der Waals surface area contributed by atoms with Gasteiger partial charge in [0.05, 0.1) is 12.0 Å². The molecule has 0 bridgehead atoms. The number of amides is 2. The highest BCUT2D eigenvalue weighted by molar-refractivity contribution is 5.94. The second-order valence-electron chi connectivity index (χ2n) is 6.40. The molecular formula is C18H24N4O2. The van der Waals surface area contributed by atoms with Gasteiger partial charge in [-0.1, -0.05) is 0 Å². The Bertz CT molecular complexity index is 737. The van der Waals surface area contributed by atoms with E-state index in [2.05, 4.69) is 15.6 Å². The average molecular weight is 328 g/mol. The number of piperazine rings is 1. The van der Waals surface area contributed by atoms with Gasteiger partial charge in [0.15, 0.2) is 0 Å². The van der Waals surface area contributed by atoms with Gasteiger partial charge in [0.25, 0.3) is 5.91 Å². The standard InChI is InChI=1S/C18H24N4O2/c1-13-10-16(14(2)20(13)3)11-17(23)21-6-8-22(9-7-21)18(24)15-4-5-19-12-15/h4-5,10,12,19H,6-9,11H2,1-3H3. The van der Waals surface area contributed by atoms with Gasteiger partial charge in [-0.3, -0.25) is 9.59 Å². The van der Waals surface area contributed by atoms with Gasteiger partial charge in [-0.15, -0.1) is 0 Å². The van der Waals surface area contributed by atoms with E-state index in [1.165, 1.54) is 0 Å². The third kappa shape index (κ3) is 3.09. The number of hydrogen-bond acceptors (Lipinski definition) is 2. The van der Waals surface area contributed by atoms with Crippen molar-refractivity contribution in [2.45, 2.75) is 20.3 Å². The summed E-state index contributed by atoms with van der Waals surface area (Å²) in [6.07, 6.45) is 3.89. The molecule has 0 unspecified atom stereocenters. The van der Waals surface area contributed by atoms with Gasteiger partial charge in [-0.05, 0) is 31.5 Å². The SMILES string of the molecule is Cc1cc(CC(=O)N2CCN(C(=O)c3cc[nH]c3)CC2)c(C)n1C. The Morgan fingerprint density at radius 3 is 2.33 bits per heavy atom. The molecule has 0 aromatic carbocycles. The van der Waals surface area contributed by atoms with Gasteiger partial charge < -0.3 is 19.4 Å². The van der Waals surface area contributed by atoms with E-state index in [1.807, 2.05) is 30.7 Å². The fourth-order valence-corrected chi connectivity index (χ4v) is 3.19. The van der Waals surface area contributed by atoms with Crippen LogP contribution < -0.4 is 0 Å². The zero-order valence-electron chi connectivity index (χ0n) is 14.5. The van der Waals surface area contributed by atoms with E-state index >= 15 is 0 Å². The molecular weight excluding hydrogens is 304 g/mol. The maximum atomic E-state index is 12.6. The van der Waals surface area contributed by atoms with Crippen LogP contribution in [0.25, 0.3) is 0 Å². The Labute approximate surface area is 142 Å². The van der Waals surface area contributed by atoms with Gasteiger partial charge >= 0.3 is 0 Å². The molecule has 1 aliphatic heterocycles. The van der Waals surface area contributed by atoms with E-state index in [0.29, 0.717) is 38.2 Å². The normalized spacial score (nSPS) is 15.0. The molecule has 1 aliphatic rings. The molecule has 2 aromatic heterocycles. The number of nitrogens with zero attached hydrogens (tertiary/aromatic N) is 3. The Kier molecular flexibility index (Phi) is 4.46. The van der Waals surface area contributed by atoms with Gasteiger partial charge in [0.1, 0.15) is 0 Å². The maximum absolute atomic E-state index is 12.6. The summed E-state index contributed by atoms with van der Waals surface area (Å²) in [7, 11) is 2.02. The fourth-order valence-electron chi connectivity index (χ4n) is 3.19. The lowest BCUT2D eigenvalue weighted by atomic mass is 10.1. The third-order valence-electron chi connectivity index (χ3n) is 4.99. The summed E-state index contributed by atoms with van der Waals surface area (Å²) in [4.78, 5) is 31.4. The minimum Gasteiger partial charge on any atom is -0.367 e. The molecule has 3 heterocycles. The highest BCUT2D eigenvalue weighted by Crippen LogP contribution is 2.16. The molecule has 1 saturated heterocycles. The molecule has 24 heavy (non-hydrogen) atoms. The van der Waals surface area contributed by atoms with E-state index < -0.39 is 0 Å². The highest BCUT2D eigenvalue weighted by atomic mass is 16.2. The monoisotopic (exact) mass is 328 g/mol. The highest BCUT2D eigenvalue weighted by Gasteiger charge is 2.25. The first kappa shape index (κ1) is 16.4. The van der Waals surface area contributed by atoms with Crippen molar-refractivity contribution < 1.29 is 9.59 Å². The summed E-state index contributed by atoms with van der Waals surface area (Å²) in [6, 6.07) is 3.86. The lowest BCUT2D eigenvalue weighted by Gasteiger charge is -2.34. The van der Waals surface area contributed by atoms with Crippen molar-refractivity contribution in [3.8, 4) is 0 Å². The zero-order chi connectivity index (χ0) is 17.3. The molecule has 0 atom stereocenters. The van der Waals surface area contributed by atoms with Crippen LogP contribution in [0.4, 0.5) is 0 Å². The average Bonchev–Trinajstić information content (AvgIpc) is 3.20. The molecule has 128 valence electrons. The molecule has 6 nitrogen and oxygen atoms in total. The Morgan fingerprint density at radius 2 is 1.79 bits per heavy atom. The summed E-state index contributed by atoms with van der Waals surface area (Å²) in [5, 5.41) is 0. The molecule has 1 N–H and O–H groups in total. The van der Waals surface area contributed by atoms with Crippen molar-refractivity contribution in [3.63, 3.8) is 0 Å². The summed E-state index contributed by atoms with van der Waals surface area (Å²) < 4.78 is 2.11. The number of carbonyl (C=O) groups excluding carboxylic acids is 2. The van der Waals surface area contributed by atoms with Crippen molar-refractivity contribution >= 4 is 11.8 Å². The van der Waals surface area contributed by atoms with Gasteiger partial charge in [0, 0.05) is 57.0 Å². The van der Waals surface area contributed by atoms with Crippen LogP contribution in [0.15, 0.2) is 24.5 Å². The number of aryl methyl sites for hydroxylation is 1. The number of aromatic nitrogens is 2. The second-order valence-corrected chi connectivity index (χ2v) is 6.40. The van der Waals surface area contributed by atoms with Crippen LogP contribution in [-0.2, 0) is 18.3 Å². The van der Waals surface area contributed by atoms with E-state index in [-0.39, 0.29) is 11.8 Å². The van der Waals surface area contributed by atoms with Crippen LogP contribution >= 0.6 is 0 Å². The number of H-pyrrole nitrogens is 1. The van der Waals surface area contributed by atoms with Gasteiger partial charge in [0.2, 0.25) is 5.91 Å². The molecule has 3 rings (SSSR count). The number of carbonyl (C=O) groups is 2. The molecule has 0 aliphatic carbocycles. The summed E-state index contributed by atoms with van der Waals surface area (Å²) >= 11 is 0. The maximum Gasteiger partial charge on any atom is 0.255 e. The first-order valence-electron chi connectivity index (χ1n) is 8.29. The van der Waals surface area contributed by atoms with Crippen LogP contribution in [0.2, 0.25) is 0 Å². The van der Waals surface area contributed by atoms with Crippen LogP contribution in [-0.4, -0.2) is 57.3 Å². The third-order valence-corrected chi connectivity index (χ3v) is 4.99. The molecule has 0 radical (unpaired) electrons. The lowest BCUT2D eigenvalue weighted by Crippen LogP contribution is -2.51. The first-order chi connectivity index (χ1) is 11.5. The lowest BCUT2D eigenvalue weighted by molar-refractivity contribution is -0.131. The van der Waals surface area contributed by atoms with E-state index in [9.17, 15) is 9.59 Å². The van der Waals surface area contributed by atoms with Crippen molar-refractivity contribution in [1.29, 1.82) is 0 Å². The number of aromatic amines is 1. The van der Waals surface area contributed by atoms with Crippen LogP contribution in [0.5, 0.6) is 0 Å². The summed E-state index contributed by atoms with van der Waals surface area (Å²) in [5.41, 5.74) is 4.07. The minimum atomic E-state index is 0.0258. The number of nitrogens with one attached hydrogen (secondary N) is 1. The zero-order valence-corrected chi connectivity index (χ0v) is 14.5. The summed E-state index contributed by atoms with van der Waals surface area (Å²) in [6.45, 7) is 6.46. The van der Waals surface area contributed by atoms with Crippen LogP contribution in [0, 0.1) is 13.8 Å². The van der Waals surface area contributed by atoms with Crippen molar-refractivity contribution in [3.05, 3.63) is 47.0 Å². The number of hydrogen-bond donors (Lipinski definition) is 1. The topological polar surface area (TPSA) is 61.3 Å². The predicted molar refractivity (Wildman–Crippen MR) is 91.9 cm³/mol. The quantitative estimate of drug-likeness (QED) is 0.928. The van der Waals surface area contributed by atoms with E-state index in [0.717, 1.165) is 17.0 Å². The van der Waals surface area contributed by atoms with Crippen molar-refractivity contribution in [2.75, 3.05) is 26.2 Å². The van der Waals surface area contributed by atoms with Crippen LogP contribution in [0.1, 0.15) is 27.3 Å². The molecule has 6 heteroatoms. The second kappa shape index (κ2) is 6.55. The molecule has 2 aromatic rings. The van der Waals surface area contributed by atoms with Crippen molar-refractivity contribution in [2.24, 2.45) is 7.05 Å². The van der Waals surface area contributed by atoms with E-state index in [1.54, 1.807) is 18.5 Å². The van der Waals surface area contributed by atoms with Crippen molar-refractivity contribution in [1.82, 2.24) is 19.4 Å². The summed E-state index contributed by atoms with van der Waals surface area (Å²) in [5.74, 6) is 0.162. The Hall–Kier alpha value is -2.50. The van der Waals surface area contributed by atoms with Crippen LogP contribution in [0.3, 0.4) is 0 Å². The molecule has 0 saturated carbocycles. The molecule has 0 spiro atoms. The number of rotatable bonds is 3. The predicted octanol–water partition coefficient (Wildman–Crippen LogP) is 1.50. The van der Waals surface area contributed by atoms with E-state index in [4.69, 9.17) is 0 Å². The molecule has 2 amide bonds. The smallest absolute Gasteiger partial charge is 0.255 e. The largest absolute Gasteiger partial charge is 0.367 e. The fraction of sp³-hybridized carbons (Fsp3) is 0.444. The Balaban J connectivity index is 1.57. The van der Waals surface area contributed by atoms with Gasteiger partial charge in [-0.2, -0.15) is 0 Å². The minimum absolute atomic E-state index is 0.0258. The first-order valence-corrected chi connectivity index (χ1v) is 8.29. The Morgan fingerprint density at radius 1 is 1.12 bits per heavy atom. The molecule has 1 fully saturated rings. The van der Waals surface area contributed by atoms with Gasteiger partial charge in [-0.25, -0.2) is 0 Å².